The van der Waals surface area contributed by atoms with Gasteiger partial charge >= 0.3 is 0 Å². The lowest BCUT2D eigenvalue weighted by Gasteiger charge is -2.20. The monoisotopic (exact) mass is 437 g/mol. The highest BCUT2D eigenvalue weighted by Crippen LogP contribution is 2.31. The minimum Gasteiger partial charge on any atom is -0.376 e. The van der Waals surface area contributed by atoms with E-state index >= 15 is 0 Å². The number of halogens is 2. The Bertz CT molecular complexity index is 1020. The van der Waals surface area contributed by atoms with Gasteiger partial charge in [0.1, 0.15) is 4.83 Å². The van der Waals surface area contributed by atoms with Gasteiger partial charge in [-0.1, -0.05) is 29.3 Å². The molecule has 0 saturated carbocycles. The van der Waals surface area contributed by atoms with Crippen LogP contribution in [0.1, 0.15) is 33.8 Å². The average molecular weight is 438 g/mol. The zero-order valence-corrected chi connectivity index (χ0v) is 18.1. The molecule has 1 amide bonds. The second-order valence-electron chi connectivity index (χ2n) is 7.13. The fourth-order valence-corrected chi connectivity index (χ4v) is 5.13. The minimum absolute atomic E-state index is 0.0205. The molecule has 1 aromatic carbocycles. The lowest BCUT2D eigenvalue weighted by Crippen LogP contribution is -2.33. The van der Waals surface area contributed by atoms with Crippen molar-refractivity contribution in [2.75, 3.05) is 20.2 Å². The first-order valence-electron chi connectivity index (χ1n) is 9.20. The molecule has 148 valence electrons. The maximum atomic E-state index is 12.9. The predicted molar refractivity (Wildman–Crippen MR) is 114 cm³/mol. The number of fused-ring (bicyclic) bond motifs is 1. The van der Waals surface area contributed by atoms with Gasteiger partial charge in [0.05, 0.1) is 23.2 Å². The van der Waals surface area contributed by atoms with E-state index in [4.69, 9.17) is 27.9 Å². The Morgan fingerprint density at radius 2 is 2.21 bits per heavy atom. The lowest BCUT2D eigenvalue weighted by molar-refractivity contribution is 0.0591. The first kappa shape index (κ1) is 19.7. The van der Waals surface area contributed by atoms with E-state index in [0.717, 1.165) is 40.9 Å². The molecular weight excluding hydrogens is 417 g/mol. The van der Waals surface area contributed by atoms with Gasteiger partial charge in [-0.05, 0) is 43.5 Å². The largest absolute Gasteiger partial charge is 0.376 e. The number of nitrogens with zero attached hydrogens (tertiary/aromatic N) is 3. The van der Waals surface area contributed by atoms with Crippen molar-refractivity contribution in [2.24, 2.45) is 0 Å². The molecule has 1 aliphatic heterocycles. The van der Waals surface area contributed by atoms with Crippen molar-refractivity contribution in [2.45, 2.75) is 32.4 Å². The van der Waals surface area contributed by atoms with Crippen LogP contribution in [0.5, 0.6) is 0 Å². The Morgan fingerprint density at radius 3 is 2.93 bits per heavy atom. The van der Waals surface area contributed by atoms with Gasteiger partial charge in [0.25, 0.3) is 5.91 Å². The third-order valence-electron chi connectivity index (χ3n) is 5.00. The Balaban J connectivity index is 1.58. The molecule has 1 aliphatic rings. The number of carbonyl (C=O) groups excluding carboxylic acids is 1. The van der Waals surface area contributed by atoms with Gasteiger partial charge in [-0.15, -0.1) is 11.3 Å². The van der Waals surface area contributed by atoms with Crippen LogP contribution in [0.2, 0.25) is 10.0 Å². The van der Waals surface area contributed by atoms with Gasteiger partial charge in [-0.2, -0.15) is 5.10 Å². The number of likely N-dealkylation sites (N-methyl/N-ethyl adjacent to an activating group) is 1. The fourth-order valence-electron chi connectivity index (χ4n) is 3.50. The van der Waals surface area contributed by atoms with Gasteiger partial charge in [0.2, 0.25) is 0 Å². The summed E-state index contributed by atoms with van der Waals surface area (Å²) >= 11 is 13.8. The van der Waals surface area contributed by atoms with Crippen LogP contribution in [-0.2, 0) is 11.3 Å². The van der Waals surface area contributed by atoms with Crippen LogP contribution in [0.25, 0.3) is 10.2 Å². The summed E-state index contributed by atoms with van der Waals surface area (Å²) in [6.45, 7) is 3.90. The normalized spacial score (nSPS) is 16.8. The molecule has 0 unspecified atom stereocenters. The first-order valence-corrected chi connectivity index (χ1v) is 10.8. The number of ether oxygens (including phenoxy) is 1. The number of benzene rings is 1. The van der Waals surface area contributed by atoms with E-state index in [0.29, 0.717) is 28.0 Å². The smallest absolute Gasteiger partial charge is 0.263 e. The van der Waals surface area contributed by atoms with Crippen LogP contribution >= 0.6 is 34.5 Å². The molecule has 0 radical (unpaired) electrons. The van der Waals surface area contributed by atoms with Gasteiger partial charge in [0, 0.05) is 35.6 Å². The highest BCUT2D eigenvalue weighted by Gasteiger charge is 2.23. The Morgan fingerprint density at radius 1 is 1.39 bits per heavy atom. The molecule has 1 atom stereocenters. The van der Waals surface area contributed by atoms with Crippen LogP contribution in [-0.4, -0.2) is 46.9 Å². The molecule has 1 fully saturated rings. The summed E-state index contributed by atoms with van der Waals surface area (Å²) in [5.41, 5.74) is 1.84. The van der Waals surface area contributed by atoms with Gasteiger partial charge in [-0.25, -0.2) is 0 Å². The number of aromatic nitrogens is 2. The van der Waals surface area contributed by atoms with Gasteiger partial charge < -0.3 is 9.64 Å². The van der Waals surface area contributed by atoms with E-state index in [1.807, 2.05) is 36.9 Å². The van der Waals surface area contributed by atoms with Crippen LogP contribution in [0.4, 0.5) is 0 Å². The standard InChI is InChI=1S/C20H21Cl2N3O2S/c1-12-16-9-18(19(26)24(2)11-15-4-3-7-27-15)28-20(16)25(23-12)10-13-5-6-14(21)8-17(13)22/h5-6,8-9,15H,3-4,7,10-11H2,1-2H3/t15-/m1/s1. The SMILES string of the molecule is Cc1nn(Cc2ccc(Cl)cc2Cl)c2sc(C(=O)N(C)C[C@H]3CCCO3)cc12. The zero-order chi connectivity index (χ0) is 19.8. The number of hydrogen-bond acceptors (Lipinski definition) is 4. The second kappa shape index (κ2) is 8.03. The average Bonchev–Trinajstić information content (AvgIpc) is 3.36. The number of aryl methyl sites for hydroxylation is 1. The molecular formula is C20H21Cl2N3O2S. The van der Waals surface area contributed by atoms with Crippen LogP contribution in [0.3, 0.4) is 0 Å². The Kier molecular flexibility index (Phi) is 5.65. The first-order chi connectivity index (χ1) is 13.4. The second-order valence-corrected chi connectivity index (χ2v) is 9.00. The number of carbonyl (C=O) groups is 1. The molecule has 0 aliphatic carbocycles. The Hall–Kier alpha value is -1.60. The Labute approximate surface area is 177 Å². The summed E-state index contributed by atoms with van der Waals surface area (Å²) in [6.07, 6.45) is 2.23. The summed E-state index contributed by atoms with van der Waals surface area (Å²) in [5, 5.41) is 6.85. The van der Waals surface area contributed by atoms with Gasteiger partial charge in [-0.3, -0.25) is 9.48 Å². The van der Waals surface area contributed by atoms with Crippen LogP contribution in [0, 0.1) is 6.92 Å². The van der Waals surface area contributed by atoms with Crippen molar-refractivity contribution in [1.29, 1.82) is 0 Å². The zero-order valence-electron chi connectivity index (χ0n) is 15.7. The van der Waals surface area contributed by atoms with E-state index in [1.54, 1.807) is 11.0 Å². The van der Waals surface area contributed by atoms with E-state index in [1.165, 1.54) is 11.3 Å². The molecule has 4 rings (SSSR count). The van der Waals surface area contributed by atoms with E-state index < -0.39 is 0 Å². The third kappa shape index (κ3) is 3.92. The van der Waals surface area contributed by atoms with Crippen molar-refractivity contribution in [1.82, 2.24) is 14.7 Å². The highest BCUT2D eigenvalue weighted by atomic mass is 35.5. The minimum atomic E-state index is 0.0205. The highest BCUT2D eigenvalue weighted by molar-refractivity contribution is 7.20. The number of amides is 1. The van der Waals surface area contributed by atoms with Crippen molar-refractivity contribution < 1.29 is 9.53 Å². The van der Waals surface area contributed by atoms with E-state index in [9.17, 15) is 4.79 Å². The van der Waals surface area contributed by atoms with E-state index in [-0.39, 0.29) is 12.0 Å². The summed E-state index contributed by atoms with van der Waals surface area (Å²) in [5.74, 6) is 0.0205. The van der Waals surface area contributed by atoms with Crippen molar-refractivity contribution >= 4 is 50.7 Å². The molecule has 5 nitrogen and oxygen atoms in total. The quantitative estimate of drug-likeness (QED) is 0.563. The summed E-state index contributed by atoms with van der Waals surface area (Å²) in [6, 6.07) is 7.40. The maximum Gasteiger partial charge on any atom is 0.263 e. The molecule has 28 heavy (non-hydrogen) atoms. The molecule has 0 spiro atoms. The summed E-state index contributed by atoms with van der Waals surface area (Å²) < 4.78 is 7.56. The van der Waals surface area contributed by atoms with E-state index in [2.05, 4.69) is 5.10 Å². The van der Waals surface area contributed by atoms with Crippen LogP contribution < -0.4 is 0 Å². The maximum absolute atomic E-state index is 12.9. The predicted octanol–water partition coefficient (Wildman–Crippen LogP) is 5.01. The molecule has 3 aromatic rings. The van der Waals surface area contributed by atoms with Gasteiger partial charge in [0.15, 0.2) is 0 Å². The van der Waals surface area contributed by atoms with Crippen molar-refractivity contribution in [3.8, 4) is 0 Å². The fraction of sp³-hybridized carbons (Fsp3) is 0.400. The topological polar surface area (TPSA) is 47.4 Å². The number of hydrogen-bond donors (Lipinski definition) is 0. The molecule has 0 bridgehead atoms. The van der Waals surface area contributed by atoms with Crippen molar-refractivity contribution in [3.05, 3.63) is 50.4 Å². The lowest BCUT2D eigenvalue weighted by atomic mass is 10.2. The molecule has 0 N–H and O–H groups in total. The molecule has 8 heteroatoms. The van der Waals surface area contributed by atoms with Crippen molar-refractivity contribution in [3.63, 3.8) is 0 Å². The molecule has 1 saturated heterocycles. The summed E-state index contributed by atoms with van der Waals surface area (Å²) in [7, 11) is 1.83. The number of rotatable bonds is 5. The summed E-state index contributed by atoms with van der Waals surface area (Å²) in [4.78, 5) is 16.3. The number of thiophene rings is 1. The molecule has 3 heterocycles. The molecule has 2 aromatic heterocycles. The van der Waals surface area contributed by atoms with Crippen LogP contribution in [0.15, 0.2) is 24.3 Å². The third-order valence-corrected chi connectivity index (χ3v) is 6.72.